The van der Waals surface area contributed by atoms with E-state index in [1.807, 2.05) is 57.2 Å². The Morgan fingerprint density at radius 1 is 0.968 bits per heavy atom. The number of ether oxygens (including phenoxy) is 1. The number of carbonyl (C=O) groups excluding carboxylic acids is 1. The quantitative estimate of drug-likeness (QED) is 0.327. The fourth-order valence-electron chi connectivity index (χ4n) is 3.28. The van der Waals surface area contributed by atoms with E-state index in [4.69, 9.17) is 4.74 Å². The lowest BCUT2D eigenvalue weighted by Crippen LogP contribution is -2.11. The molecule has 156 valence electrons. The lowest BCUT2D eigenvalue weighted by atomic mass is 10.0. The van der Waals surface area contributed by atoms with Crippen LogP contribution in [0.3, 0.4) is 0 Å². The molecule has 2 heterocycles. The van der Waals surface area contributed by atoms with Crippen LogP contribution < -0.4 is 10.1 Å². The third-order valence-electron chi connectivity index (χ3n) is 4.75. The molecule has 0 fully saturated rings. The normalized spacial score (nSPS) is 10.7. The van der Waals surface area contributed by atoms with Gasteiger partial charge in [0.15, 0.2) is 5.13 Å². The molecule has 0 saturated heterocycles. The molecule has 2 aromatic heterocycles. The molecule has 4 rings (SSSR count). The highest BCUT2D eigenvalue weighted by Gasteiger charge is 2.18. The largest absolute Gasteiger partial charge is 0.457 e. The first-order chi connectivity index (χ1) is 14.9. The molecule has 0 bridgehead atoms. The van der Waals surface area contributed by atoms with Crippen molar-refractivity contribution in [2.75, 3.05) is 5.32 Å². The molecule has 5 nitrogen and oxygen atoms in total. The minimum atomic E-state index is -0.217. The minimum Gasteiger partial charge on any atom is -0.457 e. The SMILES string of the molecule is Cc1ccc(Oc2cc(C)c(-c3nc(NC(=O)c4ccncc4)sc3Br)c(C)c2)cc1. The first-order valence-corrected chi connectivity index (χ1v) is 11.3. The Hall–Kier alpha value is -3.03. The number of nitrogens with one attached hydrogen (secondary N) is 1. The summed E-state index contributed by atoms with van der Waals surface area (Å²) in [5.41, 5.74) is 5.62. The van der Waals surface area contributed by atoms with E-state index in [2.05, 4.69) is 31.2 Å². The van der Waals surface area contributed by atoms with E-state index in [1.165, 1.54) is 16.9 Å². The molecule has 0 atom stereocenters. The van der Waals surface area contributed by atoms with E-state index in [-0.39, 0.29) is 5.91 Å². The summed E-state index contributed by atoms with van der Waals surface area (Å²) >= 11 is 5.00. The van der Waals surface area contributed by atoms with Crippen LogP contribution in [0.15, 0.2) is 64.7 Å². The van der Waals surface area contributed by atoms with E-state index in [1.54, 1.807) is 24.5 Å². The van der Waals surface area contributed by atoms with Crippen molar-refractivity contribution in [3.8, 4) is 22.8 Å². The molecule has 0 radical (unpaired) electrons. The molecule has 0 unspecified atom stereocenters. The van der Waals surface area contributed by atoms with Crippen LogP contribution in [0.5, 0.6) is 11.5 Å². The summed E-state index contributed by atoms with van der Waals surface area (Å²) in [4.78, 5) is 21.1. The fourth-order valence-corrected chi connectivity index (χ4v) is 4.72. The second-order valence-corrected chi connectivity index (χ2v) is 9.50. The number of carbonyl (C=O) groups is 1. The predicted molar refractivity (Wildman–Crippen MR) is 128 cm³/mol. The highest BCUT2D eigenvalue weighted by molar-refractivity contribution is 9.11. The average Bonchev–Trinajstić information content (AvgIpc) is 3.09. The number of thiazole rings is 1. The van der Waals surface area contributed by atoms with Crippen LogP contribution in [0.1, 0.15) is 27.0 Å². The number of anilines is 1. The van der Waals surface area contributed by atoms with Crippen molar-refractivity contribution in [3.63, 3.8) is 0 Å². The monoisotopic (exact) mass is 493 g/mol. The zero-order valence-corrected chi connectivity index (χ0v) is 19.7. The van der Waals surface area contributed by atoms with E-state index >= 15 is 0 Å². The molecule has 0 aliphatic carbocycles. The van der Waals surface area contributed by atoms with Crippen LogP contribution in [0.4, 0.5) is 5.13 Å². The Balaban J connectivity index is 1.59. The van der Waals surface area contributed by atoms with Crippen LogP contribution in [0.2, 0.25) is 0 Å². The van der Waals surface area contributed by atoms with E-state index in [0.717, 1.165) is 37.7 Å². The van der Waals surface area contributed by atoms with Crippen molar-refractivity contribution < 1.29 is 9.53 Å². The molecular weight excluding hydrogens is 474 g/mol. The van der Waals surface area contributed by atoms with Gasteiger partial charge in [-0.15, -0.1) is 0 Å². The molecule has 4 aromatic rings. The predicted octanol–water partition coefficient (Wildman–Crippen LogP) is 6.94. The summed E-state index contributed by atoms with van der Waals surface area (Å²) in [5.74, 6) is 1.36. The van der Waals surface area contributed by atoms with Crippen molar-refractivity contribution in [3.05, 3.63) is 87.0 Å². The molecule has 0 aliphatic rings. The number of hydrogen-bond acceptors (Lipinski definition) is 5. The van der Waals surface area contributed by atoms with Crippen LogP contribution in [0, 0.1) is 20.8 Å². The van der Waals surface area contributed by atoms with Gasteiger partial charge >= 0.3 is 0 Å². The van der Waals surface area contributed by atoms with Gasteiger partial charge in [0.25, 0.3) is 5.91 Å². The van der Waals surface area contributed by atoms with Gasteiger partial charge < -0.3 is 4.74 Å². The molecule has 1 amide bonds. The topological polar surface area (TPSA) is 64.1 Å². The van der Waals surface area contributed by atoms with Gasteiger partial charge in [0.2, 0.25) is 0 Å². The summed E-state index contributed by atoms with van der Waals surface area (Å²) in [6.07, 6.45) is 3.18. The van der Waals surface area contributed by atoms with Crippen molar-refractivity contribution in [1.82, 2.24) is 9.97 Å². The number of aryl methyl sites for hydroxylation is 3. The Bertz CT molecular complexity index is 1210. The Labute approximate surface area is 193 Å². The summed E-state index contributed by atoms with van der Waals surface area (Å²) in [5, 5.41) is 3.39. The molecule has 0 aliphatic heterocycles. The van der Waals surface area contributed by atoms with Crippen molar-refractivity contribution in [1.29, 1.82) is 0 Å². The molecule has 0 spiro atoms. The van der Waals surface area contributed by atoms with E-state index in [9.17, 15) is 4.79 Å². The third-order valence-corrected chi connectivity index (χ3v) is 6.37. The van der Waals surface area contributed by atoms with Crippen LogP contribution in [-0.4, -0.2) is 15.9 Å². The number of amides is 1. The zero-order valence-electron chi connectivity index (χ0n) is 17.3. The smallest absolute Gasteiger partial charge is 0.257 e. The Kier molecular flexibility index (Phi) is 6.15. The molecule has 31 heavy (non-hydrogen) atoms. The standard InChI is InChI=1S/C24H20BrN3O2S/c1-14-4-6-18(7-5-14)30-19-12-15(2)20(16(3)13-19)21-22(25)31-24(27-21)28-23(29)17-8-10-26-11-9-17/h4-13H,1-3H3,(H,27,28,29). The second-order valence-electron chi connectivity index (χ2n) is 7.18. The van der Waals surface area contributed by atoms with Gasteiger partial charge in [-0.1, -0.05) is 29.0 Å². The third kappa shape index (κ3) is 4.84. The van der Waals surface area contributed by atoms with Gasteiger partial charge in [0, 0.05) is 23.5 Å². The van der Waals surface area contributed by atoms with E-state index < -0.39 is 0 Å². The number of benzene rings is 2. The van der Waals surface area contributed by atoms with Gasteiger partial charge in [-0.3, -0.25) is 15.1 Å². The highest BCUT2D eigenvalue weighted by Crippen LogP contribution is 2.40. The summed E-state index contributed by atoms with van der Waals surface area (Å²) in [7, 11) is 0. The molecular formula is C24H20BrN3O2S. The number of halogens is 1. The first-order valence-electron chi connectivity index (χ1n) is 9.64. The zero-order chi connectivity index (χ0) is 22.0. The lowest BCUT2D eigenvalue weighted by molar-refractivity contribution is 0.102. The summed E-state index contributed by atoms with van der Waals surface area (Å²) in [6.45, 7) is 6.11. The fraction of sp³-hybridized carbons (Fsp3) is 0.125. The first kappa shape index (κ1) is 21.2. The number of pyridine rings is 1. The van der Waals surface area contributed by atoms with Crippen molar-refractivity contribution >= 4 is 38.3 Å². The van der Waals surface area contributed by atoms with Gasteiger partial charge in [-0.2, -0.15) is 0 Å². The summed E-state index contributed by atoms with van der Waals surface area (Å²) < 4.78 is 6.89. The summed E-state index contributed by atoms with van der Waals surface area (Å²) in [6, 6.07) is 15.3. The maximum atomic E-state index is 12.4. The maximum Gasteiger partial charge on any atom is 0.257 e. The second kappa shape index (κ2) is 8.99. The number of aromatic nitrogens is 2. The number of rotatable bonds is 5. The molecule has 1 N–H and O–H groups in total. The van der Waals surface area contributed by atoms with Gasteiger partial charge in [0.05, 0.1) is 9.48 Å². The van der Waals surface area contributed by atoms with Crippen LogP contribution in [-0.2, 0) is 0 Å². The lowest BCUT2D eigenvalue weighted by Gasteiger charge is -2.13. The Morgan fingerprint density at radius 2 is 1.61 bits per heavy atom. The molecule has 0 saturated carbocycles. The van der Waals surface area contributed by atoms with Gasteiger partial charge in [0.1, 0.15) is 11.5 Å². The van der Waals surface area contributed by atoms with Crippen LogP contribution in [0.25, 0.3) is 11.3 Å². The average molecular weight is 494 g/mol. The maximum absolute atomic E-state index is 12.4. The minimum absolute atomic E-state index is 0.217. The Morgan fingerprint density at radius 3 is 2.26 bits per heavy atom. The van der Waals surface area contributed by atoms with Gasteiger partial charge in [-0.25, -0.2) is 4.98 Å². The molecule has 2 aromatic carbocycles. The highest BCUT2D eigenvalue weighted by atomic mass is 79.9. The van der Waals surface area contributed by atoms with Crippen molar-refractivity contribution in [2.24, 2.45) is 0 Å². The molecule has 7 heteroatoms. The number of nitrogens with zero attached hydrogens (tertiary/aromatic N) is 2. The van der Waals surface area contributed by atoms with Gasteiger partial charge in [-0.05, 0) is 84.2 Å². The van der Waals surface area contributed by atoms with E-state index in [0.29, 0.717) is 10.7 Å². The number of hydrogen-bond donors (Lipinski definition) is 1. The van der Waals surface area contributed by atoms with Crippen LogP contribution >= 0.6 is 27.3 Å². The van der Waals surface area contributed by atoms with Crippen molar-refractivity contribution in [2.45, 2.75) is 20.8 Å².